The molecule has 3 atom stereocenters. The topological polar surface area (TPSA) is 105 Å². The maximum Gasteiger partial charge on any atom is 0.472 e. The molecule has 0 fully saturated rings. The van der Waals surface area contributed by atoms with E-state index in [4.69, 9.17) is 9.05 Å². The number of hydrogen-bond donors (Lipinski definition) is 3. The molecule has 3 N–H and O–H groups in total. The lowest BCUT2D eigenvalue weighted by Gasteiger charge is -2.25. The van der Waals surface area contributed by atoms with Crippen LogP contribution in [0.4, 0.5) is 0 Å². The Morgan fingerprint density at radius 3 is 1.08 bits per heavy atom. The number of carbonyl (C=O) groups excluding carboxylic acids is 1. The summed E-state index contributed by atoms with van der Waals surface area (Å²) in [4.78, 5) is 23.3. The lowest BCUT2D eigenvalue weighted by atomic mass is 10.0. The monoisotopic (exact) mass is 1060 g/mol. The number of unbranched alkanes of at least 4 members (excludes halogenated alkanes) is 43. The minimum absolute atomic E-state index is 0.0550. The van der Waals surface area contributed by atoms with Gasteiger partial charge in [-0.2, -0.15) is 0 Å². The number of likely N-dealkylation sites (N-methyl/N-ethyl adjacent to an activating group) is 1. The van der Waals surface area contributed by atoms with Crippen molar-refractivity contribution in [1.29, 1.82) is 0 Å². The first-order valence-electron chi connectivity index (χ1n) is 32.4. The van der Waals surface area contributed by atoms with Gasteiger partial charge in [0.15, 0.2) is 0 Å². The molecule has 0 heterocycles. The minimum Gasteiger partial charge on any atom is -0.387 e. The van der Waals surface area contributed by atoms with Crippen molar-refractivity contribution in [2.24, 2.45) is 0 Å². The first kappa shape index (κ1) is 72.7. The zero-order chi connectivity index (χ0) is 54.2. The molecule has 1 amide bonds. The van der Waals surface area contributed by atoms with Gasteiger partial charge in [0.1, 0.15) is 13.2 Å². The Labute approximate surface area is 461 Å². The summed E-state index contributed by atoms with van der Waals surface area (Å²) in [7, 11) is 1.56. The molecule has 0 aromatic heterocycles. The van der Waals surface area contributed by atoms with Gasteiger partial charge in [0, 0.05) is 6.42 Å². The number of phosphoric acid groups is 1. The van der Waals surface area contributed by atoms with E-state index in [1.165, 1.54) is 257 Å². The molecule has 74 heavy (non-hydrogen) atoms. The van der Waals surface area contributed by atoms with E-state index in [9.17, 15) is 19.4 Å². The van der Waals surface area contributed by atoms with Crippen molar-refractivity contribution >= 4 is 13.7 Å². The van der Waals surface area contributed by atoms with E-state index < -0.39 is 20.0 Å². The number of quaternary nitrogens is 1. The van der Waals surface area contributed by atoms with Crippen LogP contribution in [0.15, 0.2) is 36.5 Å². The van der Waals surface area contributed by atoms with Crippen LogP contribution < -0.4 is 5.32 Å². The van der Waals surface area contributed by atoms with E-state index in [-0.39, 0.29) is 19.1 Å². The predicted octanol–water partition coefficient (Wildman–Crippen LogP) is 20.1. The fraction of sp³-hybridized carbons (Fsp3) is 0.892. The Morgan fingerprint density at radius 1 is 0.446 bits per heavy atom. The number of carbonyl (C=O) groups is 1. The highest BCUT2D eigenvalue weighted by atomic mass is 31.2. The highest BCUT2D eigenvalue weighted by molar-refractivity contribution is 7.47. The number of amides is 1. The summed E-state index contributed by atoms with van der Waals surface area (Å²) >= 11 is 0. The second-order valence-electron chi connectivity index (χ2n) is 23.5. The quantitative estimate of drug-likeness (QED) is 0.0243. The van der Waals surface area contributed by atoms with Crippen LogP contribution in [0, 0.1) is 0 Å². The summed E-state index contributed by atoms with van der Waals surface area (Å²) in [5.41, 5.74) is 0. The molecule has 0 aliphatic carbocycles. The standard InChI is InChI=1S/C65H127N2O6P/c1-6-8-10-12-14-16-18-20-22-23-24-25-26-27-28-29-30-31-32-33-34-35-36-37-38-39-40-41-42-43-45-47-49-51-53-55-57-59-65(69)66-63(62-73-74(70,71)72-61-60-67(3,4)5)64(68)58-56-54-52-50-48-46-44-21-19-17-15-13-11-9-7-2/h19,21,48,50,56,58,63-64,68H,6-18,20,22-47,49,51-55,57,59-62H2,1-5H3,(H-,66,69,70,71)/p+1/b21-19+,50-48+,58-56+. The number of phosphoric ester groups is 1. The number of rotatable bonds is 60. The summed E-state index contributed by atoms with van der Waals surface area (Å²) in [6.45, 7) is 4.81. The average molecular weight is 1060 g/mol. The first-order chi connectivity index (χ1) is 36.0. The van der Waals surface area contributed by atoms with Crippen LogP contribution in [-0.4, -0.2) is 73.4 Å². The summed E-state index contributed by atoms with van der Waals surface area (Å²) in [6, 6.07) is -0.868. The number of aliphatic hydroxyl groups is 1. The van der Waals surface area contributed by atoms with Gasteiger partial charge in [0.05, 0.1) is 39.9 Å². The van der Waals surface area contributed by atoms with Gasteiger partial charge in [-0.1, -0.05) is 307 Å². The van der Waals surface area contributed by atoms with Crippen LogP contribution in [0.3, 0.4) is 0 Å². The van der Waals surface area contributed by atoms with Crippen molar-refractivity contribution in [1.82, 2.24) is 5.32 Å². The molecule has 8 nitrogen and oxygen atoms in total. The van der Waals surface area contributed by atoms with Crippen LogP contribution in [0.5, 0.6) is 0 Å². The molecule has 0 bridgehead atoms. The van der Waals surface area contributed by atoms with Crippen molar-refractivity contribution < 1.29 is 32.9 Å². The molecular formula is C65H128N2O6P+. The molecule has 0 rings (SSSR count). The Hall–Kier alpha value is -1.28. The van der Waals surface area contributed by atoms with Crippen molar-refractivity contribution in [3.63, 3.8) is 0 Å². The molecule has 0 saturated carbocycles. The summed E-state index contributed by atoms with van der Waals surface area (Å²) in [5, 5.41) is 13.9. The Bertz CT molecular complexity index is 1300. The molecule has 9 heteroatoms. The lowest BCUT2D eigenvalue weighted by Crippen LogP contribution is -2.45. The van der Waals surface area contributed by atoms with Crippen LogP contribution >= 0.6 is 7.82 Å². The number of aliphatic hydroxyl groups excluding tert-OH is 1. The van der Waals surface area contributed by atoms with Gasteiger partial charge in [0.2, 0.25) is 5.91 Å². The van der Waals surface area contributed by atoms with E-state index in [2.05, 4.69) is 43.5 Å². The van der Waals surface area contributed by atoms with E-state index in [0.29, 0.717) is 17.4 Å². The highest BCUT2D eigenvalue weighted by Crippen LogP contribution is 2.43. The summed E-state index contributed by atoms with van der Waals surface area (Å²) in [5.74, 6) is -0.186. The van der Waals surface area contributed by atoms with Crippen molar-refractivity contribution in [2.75, 3.05) is 40.9 Å². The first-order valence-corrected chi connectivity index (χ1v) is 33.9. The maximum atomic E-state index is 13.0. The zero-order valence-electron chi connectivity index (χ0n) is 50.1. The smallest absolute Gasteiger partial charge is 0.387 e. The SMILES string of the molecule is CCCCCCC/C=C/CC/C=C/CC/C=C/C(O)C(COP(=O)(O)OCC[N+](C)(C)C)NC(=O)CCCCCCCCCCCCCCCCCCCCCCCCCCCCCCCCCCCCCCC. The highest BCUT2D eigenvalue weighted by Gasteiger charge is 2.27. The normalized spacial score (nSPS) is 14.0. The lowest BCUT2D eigenvalue weighted by molar-refractivity contribution is -0.870. The number of nitrogens with one attached hydrogen (secondary N) is 1. The van der Waals surface area contributed by atoms with E-state index >= 15 is 0 Å². The van der Waals surface area contributed by atoms with Crippen LogP contribution in [-0.2, 0) is 18.4 Å². The third-order valence-corrected chi connectivity index (χ3v) is 15.8. The second-order valence-corrected chi connectivity index (χ2v) is 24.9. The van der Waals surface area contributed by atoms with Crippen LogP contribution in [0.25, 0.3) is 0 Å². The fourth-order valence-electron chi connectivity index (χ4n) is 9.78. The van der Waals surface area contributed by atoms with E-state index in [1.807, 2.05) is 27.2 Å². The molecule has 438 valence electrons. The molecule has 0 aromatic rings. The van der Waals surface area contributed by atoms with Crippen molar-refractivity contribution in [3.05, 3.63) is 36.5 Å². The van der Waals surface area contributed by atoms with Gasteiger partial charge in [-0.05, 0) is 44.9 Å². The number of nitrogens with zero attached hydrogens (tertiary/aromatic N) is 1. The second kappa shape index (κ2) is 56.4. The molecule has 0 aromatic carbocycles. The molecule has 0 aliphatic heterocycles. The zero-order valence-corrected chi connectivity index (χ0v) is 51.0. The molecule has 0 spiro atoms. The third kappa shape index (κ3) is 58.4. The minimum atomic E-state index is -4.36. The van der Waals surface area contributed by atoms with Crippen LogP contribution in [0.2, 0.25) is 0 Å². The van der Waals surface area contributed by atoms with Gasteiger partial charge in [0.25, 0.3) is 0 Å². The predicted molar refractivity (Wildman–Crippen MR) is 323 cm³/mol. The Morgan fingerprint density at radius 2 is 0.743 bits per heavy atom. The van der Waals surface area contributed by atoms with Gasteiger partial charge in [-0.15, -0.1) is 0 Å². The third-order valence-electron chi connectivity index (χ3n) is 14.8. The summed E-state index contributed by atoms with van der Waals surface area (Å²) in [6.07, 6.45) is 74.5. The van der Waals surface area contributed by atoms with Crippen molar-refractivity contribution in [3.8, 4) is 0 Å². The number of allylic oxidation sites excluding steroid dienone is 5. The van der Waals surface area contributed by atoms with Gasteiger partial charge < -0.3 is 19.8 Å². The van der Waals surface area contributed by atoms with Gasteiger partial charge in [-0.3, -0.25) is 13.8 Å². The number of hydrogen-bond acceptors (Lipinski definition) is 5. The largest absolute Gasteiger partial charge is 0.472 e. The average Bonchev–Trinajstić information content (AvgIpc) is 3.36. The molecule has 3 unspecified atom stereocenters. The van der Waals surface area contributed by atoms with E-state index in [0.717, 1.165) is 44.9 Å². The van der Waals surface area contributed by atoms with Crippen LogP contribution in [0.1, 0.15) is 322 Å². The maximum absolute atomic E-state index is 13.0. The fourth-order valence-corrected chi connectivity index (χ4v) is 10.5. The van der Waals surface area contributed by atoms with Gasteiger partial charge >= 0.3 is 7.82 Å². The summed E-state index contributed by atoms with van der Waals surface area (Å²) < 4.78 is 23.7. The Balaban J connectivity index is 3.93. The molecule has 0 saturated heterocycles. The van der Waals surface area contributed by atoms with Crippen molar-refractivity contribution in [2.45, 2.75) is 334 Å². The Kier molecular flexibility index (Phi) is 55.5. The van der Waals surface area contributed by atoms with Gasteiger partial charge in [-0.25, -0.2) is 4.57 Å². The molecule has 0 radical (unpaired) electrons. The molecule has 0 aliphatic rings. The van der Waals surface area contributed by atoms with E-state index in [1.54, 1.807) is 6.08 Å². The molecular weight excluding hydrogens is 936 g/mol.